The molecule has 0 amide bonds. The summed E-state index contributed by atoms with van der Waals surface area (Å²) >= 11 is 0. The van der Waals surface area contributed by atoms with Crippen molar-refractivity contribution in [1.29, 1.82) is 0 Å². The first-order valence-electron chi connectivity index (χ1n) is 4.65. The van der Waals surface area contributed by atoms with Crippen LogP contribution >= 0.6 is 0 Å². The monoisotopic (exact) mass is 196 g/mol. The number of hydrogen-bond acceptors (Lipinski definition) is 2. The molecule has 0 saturated carbocycles. The number of nitrogens with zero attached hydrogens (tertiary/aromatic N) is 2. The van der Waals surface area contributed by atoms with Gasteiger partial charge < -0.3 is 9.67 Å². The molecule has 78 valence electrons. The Hall–Kier alpha value is -1.32. The molecule has 4 heteroatoms. The summed E-state index contributed by atoms with van der Waals surface area (Å²) in [7, 11) is 0. The van der Waals surface area contributed by atoms with Gasteiger partial charge in [0.1, 0.15) is 0 Å². The van der Waals surface area contributed by atoms with E-state index in [0.29, 0.717) is 6.42 Å². The molecular formula is C10H16N2O2. The van der Waals surface area contributed by atoms with Crippen molar-refractivity contribution in [2.75, 3.05) is 0 Å². The predicted octanol–water partition coefficient (Wildman–Crippen LogP) is 1.66. The van der Waals surface area contributed by atoms with Crippen molar-refractivity contribution in [3.8, 4) is 0 Å². The highest BCUT2D eigenvalue weighted by atomic mass is 16.4. The van der Waals surface area contributed by atoms with E-state index < -0.39 is 5.97 Å². The van der Waals surface area contributed by atoms with Crippen LogP contribution in [0.15, 0.2) is 12.5 Å². The van der Waals surface area contributed by atoms with Gasteiger partial charge in [-0.15, -0.1) is 0 Å². The fourth-order valence-corrected chi connectivity index (χ4v) is 1.35. The lowest BCUT2D eigenvalue weighted by Gasteiger charge is -2.23. The average molecular weight is 196 g/mol. The van der Waals surface area contributed by atoms with E-state index in [-0.39, 0.29) is 12.0 Å². The first kappa shape index (κ1) is 10.8. The zero-order chi connectivity index (χ0) is 10.8. The minimum atomic E-state index is -0.772. The van der Waals surface area contributed by atoms with Crippen molar-refractivity contribution in [2.45, 2.75) is 39.2 Å². The molecular weight excluding hydrogens is 180 g/mol. The van der Waals surface area contributed by atoms with Crippen LogP contribution in [0.4, 0.5) is 0 Å². The lowest BCUT2D eigenvalue weighted by atomic mass is 10.1. The quantitative estimate of drug-likeness (QED) is 0.799. The third-order valence-corrected chi connectivity index (χ3v) is 2.03. The van der Waals surface area contributed by atoms with Crippen molar-refractivity contribution in [3.63, 3.8) is 0 Å². The van der Waals surface area contributed by atoms with Gasteiger partial charge in [-0.05, 0) is 27.2 Å². The van der Waals surface area contributed by atoms with Crippen LogP contribution in [0, 0.1) is 0 Å². The third-order valence-electron chi connectivity index (χ3n) is 2.03. The summed E-state index contributed by atoms with van der Waals surface area (Å²) in [5.74, 6) is -0.772. The summed E-state index contributed by atoms with van der Waals surface area (Å²) in [6.45, 7) is 6.21. The Morgan fingerprint density at radius 1 is 1.57 bits per heavy atom. The van der Waals surface area contributed by atoms with E-state index in [1.807, 2.05) is 4.57 Å². The van der Waals surface area contributed by atoms with E-state index in [1.165, 1.54) is 0 Å². The van der Waals surface area contributed by atoms with E-state index in [0.717, 1.165) is 5.69 Å². The topological polar surface area (TPSA) is 55.1 Å². The Morgan fingerprint density at radius 3 is 2.71 bits per heavy atom. The number of imidazole rings is 1. The van der Waals surface area contributed by atoms with Crippen LogP contribution in [0.1, 0.15) is 32.9 Å². The van der Waals surface area contributed by atoms with Gasteiger partial charge in [-0.25, -0.2) is 4.98 Å². The SMILES string of the molecule is CC(C)(C)n1cncc1CCC(=O)O. The lowest BCUT2D eigenvalue weighted by molar-refractivity contribution is -0.137. The Morgan fingerprint density at radius 2 is 2.21 bits per heavy atom. The summed E-state index contributed by atoms with van der Waals surface area (Å²) in [5.41, 5.74) is 0.935. The maximum absolute atomic E-state index is 10.4. The largest absolute Gasteiger partial charge is 0.481 e. The molecule has 1 rings (SSSR count). The Bertz CT molecular complexity index is 323. The fraction of sp³-hybridized carbons (Fsp3) is 0.600. The molecule has 14 heavy (non-hydrogen) atoms. The molecule has 0 aromatic carbocycles. The maximum atomic E-state index is 10.4. The molecule has 0 atom stereocenters. The second kappa shape index (κ2) is 3.82. The molecule has 0 unspecified atom stereocenters. The van der Waals surface area contributed by atoms with Crippen molar-refractivity contribution in [3.05, 3.63) is 18.2 Å². The van der Waals surface area contributed by atoms with Crippen LogP contribution in [0.2, 0.25) is 0 Å². The lowest BCUT2D eigenvalue weighted by Crippen LogP contribution is -2.23. The number of aliphatic carboxylic acids is 1. The number of rotatable bonds is 3. The Labute approximate surface area is 83.6 Å². The highest BCUT2D eigenvalue weighted by Gasteiger charge is 2.16. The van der Waals surface area contributed by atoms with Crippen molar-refractivity contribution in [1.82, 2.24) is 9.55 Å². The zero-order valence-corrected chi connectivity index (χ0v) is 8.82. The molecule has 0 bridgehead atoms. The molecule has 0 saturated heterocycles. The standard InChI is InChI=1S/C10H16N2O2/c1-10(2,3)12-7-11-6-8(12)4-5-9(13)14/h6-7H,4-5H2,1-3H3,(H,13,14). The average Bonchev–Trinajstić information content (AvgIpc) is 2.46. The van der Waals surface area contributed by atoms with Gasteiger partial charge in [0.25, 0.3) is 0 Å². The van der Waals surface area contributed by atoms with Gasteiger partial charge in [0, 0.05) is 17.4 Å². The summed E-state index contributed by atoms with van der Waals surface area (Å²) in [4.78, 5) is 14.5. The zero-order valence-electron chi connectivity index (χ0n) is 8.82. The van der Waals surface area contributed by atoms with Gasteiger partial charge in [0.05, 0.1) is 12.7 Å². The van der Waals surface area contributed by atoms with Gasteiger partial charge in [-0.1, -0.05) is 0 Å². The molecule has 1 N–H and O–H groups in total. The summed E-state index contributed by atoms with van der Waals surface area (Å²) in [6.07, 6.45) is 4.17. The second-order valence-electron chi connectivity index (χ2n) is 4.32. The molecule has 0 fully saturated rings. The smallest absolute Gasteiger partial charge is 0.303 e. The van der Waals surface area contributed by atoms with Gasteiger partial charge in [-0.3, -0.25) is 4.79 Å². The first-order chi connectivity index (χ1) is 6.41. The van der Waals surface area contributed by atoms with Crippen LogP contribution in [0.5, 0.6) is 0 Å². The molecule has 0 spiro atoms. The maximum Gasteiger partial charge on any atom is 0.303 e. The number of hydrogen-bond donors (Lipinski definition) is 1. The summed E-state index contributed by atoms with van der Waals surface area (Å²) < 4.78 is 2.01. The van der Waals surface area contributed by atoms with Crippen LogP contribution in [-0.2, 0) is 16.8 Å². The Kier molecular flexibility index (Phi) is 2.93. The molecule has 1 heterocycles. The van der Waals surface area contributed by atoms with E-state index in [2.05, 4.69) is 25.8 Å². The molecule has 0 radical (unpaired) electrons. The van der Waals surface area contributed by atoms with Gasteiger partial charge in [-0.2, -0.15) is 0 Å². The number of aromatic nitrogens is 2. The molecule has 1 aromatic heterocycles. The minimum Gasteiger partial charge on any atom is -0.481 e. The van der Waals surface area contributed by atoms with Crippen molar-refractivity contribution in [2.24, 2.45) is 0 Å². The van der Waals surface area contributed by atoms with Gasteiger partial charge in [0.2, 0.25) is 0 Å². The van der Waals surface area contributed by atoms with Gasteiger partial charge in [0.15, 0.2) is 0 Å². The molecule has 4 nitrogen and oxygen atoms in total. The minimum absolute atomic E-state index is 0.0374. The molecule has 0 aliphatic carbocycles. The van der Waals surface area contributed by atoms with E-state index in [4.69, 9.17) is 5.11 Å². The van der Waals surface area contributed by atoms with Crippen molar-refractivity contribution < 1.29 is 9.90 Å². The molecule has 0 aliphatic heterocycles. The van der Waals surface area contributed by atoms with Gasteiger partial charge >= 0.3 is 5.97 Å². The predicted molar refractivity (Wildman–Crippen MR) is 53.2 cm³/mol. The molecule has 0 aliphatic rings. The summed E-state index contributed by atoms with van der Waals surface area (Å²) in [5, 5.41) is 8.58. The first-order valence-corrected chi connectivity index (χ1v) is 4.65. The van der Waals surface area contributed by atoms with Crippen LogP contribution in [0.3, 0.4) is 0 Å². The molecule has 1 aromatic rings. The normalized spacial score (nSPS) is 11.6. The third kappa shape index (κ3) is 2.58. The van der Waals surface area contributed by atoms with E-state index >= 15 is 0 Å². The second-order valence-corrected chi connectivity index (χ2v) is 4.32. The highest BCUT2D eigenvalue weighted by molar-refractivity contribution is 5.66. The number of carbonyl (C=O) groups is 1. The fourth-order valence-electron chi connectivity index (χ4n) is 1.35. The van der Waals surface area contributed by atoms with E-state index in [1.54, 1.807) is 12.5 Å². The number of carboxylic acid groups (broad SMARTS) is 1. The Balaban J connectivity index is 2.78. The van der Waals surface area contributed by atoms with Crippen molar-refractivity contribution >= 4 is 5.97 Å². The highest BCUT2D eigenvalue weighted by Crippen LogP contribution is 2.17. The van der Waals surface area contributed by atoms with Crippen LogP contribution in [-0.4, -0.2) is 20.6 Å². The number of carboxylic acids is 1. The van der Waals surface area contributed by atoms with Crippen LogP contribution in [0.25, 0.3) is 0 Å². The van der Waals surface area contributed by atoms with E-state index in [9.17, 15) is 4.79 Å². The number of aryl methyl sites for hydroxylation is 1. The summed E-state index contributed by atoms with van der Waals surface area (Å²) in [6, 6.07) is 0. The van der Waals surface area contributed by atoms with Crippen LogP contribution < -0.4 is 0 Å².